The first-order chi connectivity index (χ1) is 7.04. The van der Waals surface area contributed by atoms with Crippen LogP contribution < -0.4 is 0 Å². The predicted molar refractivity (Wildman–Crippen MR) is 64.0 cm³/mol. The minimum absolute atomic E-state index is 0.130. The van der Waals surface area contributed by atoms with E-state index in [-0.39, 0.29) is 11.5 Å². The summed E-state index contributed by atoms with van der Waals surface area (Å²) >= 11 is 0. The Kier molecular flexibility index (Phi) is 4.32. The molecule has 0 aromatic rings. The quantitative estimate of drug-likeness (QED) is 0.697. The molecular formula is C13H25NO. The maximum absolute atomic E-state index is 12.5. The van der Waals surface area contributed by atoms with Crippen molar-refractivity contribution in [3.63, 3.8) is 0 Å². The summed E-state index contributed by atoms with van der Waals surface area (Å²) in [5.41, 5.74) is -0.130. The third-order valence-electron chi connectivity index (χ3n) is 3.91. The summed E-state index contributed by atoms with van der Waals surface area (Å²) in [7, 11) is 4.11. The summed E-state index contributed by atoms with van der Waals surface area (Å²) in [6.07, 6.45) is 6.69. The molecule has 1 aliphatic carbocycles. The molecule has 1 unspecified atom stereocenters. The number of hydrogen-bond donors (Lipinski definition) is 0. The van der Waals surface area contributed by atoms with Crippen LogP contribution in [0.1, 0.15) is 52.4 Å². The van der Waals surface area contributed by atoms with Crippen LogP contribution in [0.25, 0.3) is 0 Å². The number of rotatable bonds is 5. The molecular weight excluding hydrogens is 186 g/mol. The summed E-state index contributed by atoms with van der Waals surface area (Å²) in [5, 5.41) is 0. The average molecular weight is 211 g/mol. The van der Waals surface area contributed by atoms with E-state index in [0.29, 0.717) is 5.78 Å². The number of likely N-dealkylation sites (N-methyl/N-ethyl adjacent to an activating group) is 1. The lowest BCUT2D eigenvalue weighted by Gasteiger charge is -2.36. The summed E-state index contributed by atoms with van der Waals surface area (Å²) < 4.78 is 0. The number of carbonyl (C=O) groups excluding carboxylic acids is 1. The Morgan fingerprint density at radius 3 is 2.27 bits per heavy atom. The van der Waals surface area contributed by atoms with Crippen molar-refractivity contribution >= 4 is 5.78 Å². The van der Waals surface area contributed by atoms with E-state index in [1.54, 1.807) is 0 Å². The summed E-state index contributed by atoms with van der Waals surface area (Å²) in [6.45, 7) is 4.25. The minimum Gasteiger partial charge on any atom is -0.297 e. The zero-order valence-corrected chi connectivity index (χ0v) is 10.7. The van der Waals surface area contributed by atoms with Crippen molar-refractivity contribution in [2.75, 3.05) is 14.1 Å². The maximum Gasteiger partial charge on any atom is 0.155 e. The smallest absolute Gasteiger partial charge is 0.155 e. The molecule has 0 bridgehead atoms. The Labute approximate surface area is 94.0 Å². The van der Waals surface area contributed by atoms with E-state index in [0.717, 1.165) is 25.7 Å². The highest BCUT2D eigenvalue weighted by molar-refractivity contribution is 5.90. The van der Waals surface area contributed by atoms with Crippen LogP contribution in [0.2, 0.25) is 0 Å². The largest absolute Gasteiger partial charge is 0.297 e. The zero-order valence-electron chi connectivity index (χ0n) is 10.7. The van der Waals surface area contributed by atoms with Crippen molar-refractivity contribution in [3.05, 3.63) is 0 Å². The molecule has 0 spiro atoms. The van der Waals surface area contributed by atoms with Crippen LogP contribution in [0, 0.1) is 5.92 Å². The molecule has 1 fully saturated rings. The van der Waals surface area contributed by atoms with Crippen molar-refractivity contribution in [2.24, 2.45) is 5.92 Å². The predicted octanol–water partition coefficient (Wildman–Crippen LogP) is 2.87. The molecule has 0 radical (unpaired) electrons. The topological polar surface area (TPSA) is 20.3 Å². The Morgan fingerprint density at radius 1 is 1.33 bits per heavy atom. The van der Waals surface area contributed by atoms with Crippen molar-refractivity contribution < 1.29 is 4.79 Å². The van der Waals surface area contributed by atoms with Crippen LogP contribution in [-0.2, 0) is 4.79 Å². The van der Waals surface area contributed by atoms with E-state index in [9.17, 15) is 4.79 Å². The molecule has 0 N–H and O–H groups in total. The molecule has 2 nitrogen and oxygen atoms in total. The van der Waals surface area contributed by atoms with Gasteiger partial charge in [-0.2, -0.15) is 0 Å². The fraction of sp³-hybridized carbons (Fsp3) is 0.923. The Balaban J connectivity index is 2.76. The Morgan fingerprint density at radius 2 is 1.87 bits per heavy atom. The van der Waals surface area contributed by atoms with Crippen molar-refractivity contribution in [1.29, 1.82) is 0 Å². The highest BCUT2D eigenvalue weighted by Gasteiger charge is 2.44. The second-order valence-corrected chi connectivity index (χ2v) is 5.19. The molecule has 15 heavy (non-hydrogen) atoms. The number of hydrogen-bond acceptors (Lipinski definition) is 2. The van der Waals surface area contributed by atoms with Gasteiger partial charge in [-0.15, -0.1) is 0 Å². The van der Waals surface area contributed by atoms with Crippen LogP contribution in [0.3, 0.4) is 0 Å². The summed E-state index contributed by atoms with van der Waals surface area (Å²) in [6, 6.07) is 0. The number of Topliss-reactive ketones (excluding diaryl/α,β-unsaturated/α-hetero) is 1. The highest BCUT2D eigenvalue weighted by atomic mass is 16.1. The number of nitrogens with zero attached hydrogens (tertiary/aromatic N) is 1. The van der Waals surface area contributed by atoms with Crippen LogP contribution >= 0.6 is 0 Å². The fourth-order valence-corrected chi connectivity index (χ4v) is 2.90. The van der Waals surface area contributed by atoms with Crippen molar-refractivity contribution in [3.8, 4) is 0 Å². The van der Waals surface area contributed by atoms with E-state index in [4.69, 9.17) is 0 Å². The van der Waals surface area contributed by atoms with E-state index >= 15 is 0 Å². The van der Waals surface area contributed by atoms with E-state index < -0.39 is 0 Å². The molecule has 0 heterocycles. The second kappa shape index (κ2) is 5.11. The molecule has 0 aromatic heterocycles. The van der Waals surface area contributed by atoms with Crippen LogP contribution in [-0.4, -0.2) is 30.3 Å². The molecule has 1 aliphatic rings. The molecule has 1 saturated carbocycles. The van der Waals surface area contributed by atoms with Gasteiger partial charge in [0.05, 0.1) is 5.54 Å². The van der Waals surface area contributed by atoms with Gasteiger partial charge in [0.15, 0.2) is 5.78 Å². The normalized spacial score (nSPS) is 21.9. The van der Waals surface area contributed by atoms with E-state index in [1.165, 1.54) is 12.8 Å². The maximum atomic E-state index is 12.5. The van der Waals surface area contributed by atoms with Crippen molar-refractivity contribution in [1.82, 2.24) is 4.90 Å². The van der Waals surface area contributed by atoms with Gasteiger partial charge < -0.3 is 0 Å². The van der Waals surface area contributed by atoms with Gasteiger partial charge in [0.2, 0.25) is 0 Å². The summed E-state index contributed by atoms with van der Waals surface area (Å²) in [5.74, 6) is 0.711. The molecule has 0 aliphatic heterocycles. The van der Waals surface area contributed by atoms with Gasteiger partial charge >= 0.3 is 0 Å². The standard InChI is InChI=1S/C13H25NO/c1-5-8-11(2)12(15)13(14(3)4)9-6-7-10-13/h11H,5-10H2,1-4H3. The minimum atomic E-state index is -0.130. The summed E-state index contributed by atoms with van der Waals surface area (Å²) in [4.78, 5) is 14.6. The van der Waals surface area contributed by atoms with Gasteiger partial charge in [0, 0.05) is 5.92 Å². The lowest BCUT2D eigenvalue weighted by molar-refractivity contribution is -0.133. The number of ketones is 1. The lowest BCUT2D eigenvalue weighted by Crippen LogP contribution is -2.51. The molecule has 0 amide bonds. The van der Waals surface area contributed by atoms with Crippen LogP contribution in [0.5, 0.6) is 0 Å². The molecule has 88 valence electrons. The van der Waals surface area contributed by atoms with Gasteiger partial charge in [-0.1, -0.05) is 33.1 Å². The van der Waals surface area contributed by atoms with Gasteiger partial charge in [-0.25, -0.2) is 0 Å². The number of carbonyl (C=O) groups is 1. The average Bonchev–Trinajstić information content (AvgIpc) is 2.66. The molecule has 1 rings (SSSR count). The van der Waals surface area contributed by atoms with Gasteiger partial charge in [-0.05, 0) is 33.4 Å². The Hall–Kier alpha value is -0.370. The van der Waals surface area contributed by atoms with Crippen LogP contribution in [0.15, 0.2) is 0 Å². The third kappa shape index (κ3) is 2.41. The monoisotopic (exact) mass is 211 g/mol. The second-order valence-electron chi connectivity index (χ2n) is 5.19. The van der Waals surface area contributed by atoms with E-state index in [2.05, 4.69) is 32.8 Å². The first-order valence-electron chi connectivity index (χ1n) is 6.26. The lowest BCUT2D eigenvalue weighted by atomic mass is 9.82. The van der Waals surface area contributed by atoms with E-state index in [1.807, 2.05) is 0 Å². The van der Waals surface area contributed by atoms with Gasteiger partial charge in [0.1, 0.15) is 0 Å². The van der Waals surface area contributed by atoms with Crippen molar-refractivity contribution in [2.45, 2.75) is 57.9 Å². The SMILES string of the molecule is CCCC(C)C(=O)C1(N(C)C)CCCC1. The molecule has 0 aromatic carbocycles. The molecule has 1 atom stereocenters. The Bertz CT molecular complexity index is 217. The third-order valence-corrected chi connectivity index (χ3v) is 3.91. The molecule has 0 saturated heterocycles. The zero-order chi connectivity index (χ0) is 11.5. The van der Waals surface area contributed by atoms with Gasteiger partial charge in [-0.3, -0.25) is 9.69 Å². The molecule has 2 heteroatoms. The highest BCUT2D eigenvalue weighted by Crippen LogP contribution is 2.37. The van der Waals surface area contributed by atoms with Crippen LogP contribution in [0.4, 0.5) is 0 Å². The first kappa shape index (κ1) is 12.7. The first-order valence-corrected chi connectivity index (χ1v) is 6.26. The van der Waals surface area contributed by atoms with Gasteiger partial charge in [0.25, 0.3) is 0 Å². The fourth-order valence-electron chi connectivity index (χ4n) is 2.90.